The van der Waals surface area contributed by atoms with E-state index in [4.69, 9.17) is 14.7 Å². The Kier molecular flexibility index (Phi) is 4.94. The van der Waals surface area contributed by atoms with E-state index in [2.05, 4.69) is 4.98 Å². The van der Waals surface area contributed by atoms with E-state index in [9.17, 15) is 4.79 Å². The second-order valence-electron chi connectivity index (χ2n) is 5.04. The van der Waals surface area contributed by atoms with E-state index < -0.39 is 0 Å². The Labute approximate surface area is 118 Å². The van der Waals surface area contributed by atoms with E-state index in [0.717, 1.165) is 25.7 Å². The summed E-state index contributed by atoms with van der Waals surface area (Å²) in [6.45, 7) is 0.614. The summed E-state index contributed by atoms with van der Waals surface area (Å²) < 4.78 is 10.5. The van der Waals surface area contributed by atoms with E-state index in [0.29, 0.717) is 24.0 Å². The number of hydrogen-bond donors (Lipinski definition) is 0. The smallest absolute Gasteiger partial charge is 0.308 e. The predicted octanol–water partition coefficient (Wildman–Crippen LogP) is 2.31. The number of pyridine rings is 1. The van der Waals surface area contributed by atoms with Crippen molar-refractivity contribution in [3.05, 3.63) is 24.0 Å². The first-order valence-electron chi connectivity index (χ1n) is 6.79. The van der Waals surface area contributed by atoms with Gasteiger partial charge in [-0.25, -0.2) is 4.98 Å². The highest BCUT2D eigenvalue weighted by atomic mass is 16.5. The lowest BCUT2D eigenvalue weighted by atomic mass is 9.82. The second kappa shape index (κ2) is 6.90. The first-order chi connectivity index (χ1) is 9.72. The molecule has 0 unspecified atom stereocenters. The maximum absolute atomic E-state index is 11.4. The molecular formula is C15H18N2O3. The Hall–Kier alpha value is -2.09. The molecule has 0 bridgehead atoms. The van der Waals surface area contributed by atoms with Crippen molar-refractivity contribution in [1.29, 1.82) is 5.26 Å². The predicted molar refractivity (Wildman–Crippen MR) is 71.9 cm³/mol. The summed E-state index contributed by atoms with van der Waals surface area (Å²) in [6, 6.07) is 5.38. The Morgan fingerprint density at radius 3 is 2.85 bits per heavy atom. The number of hydrogen-bond acceptors (Lipinski definition) is 5. The number of aromatic nitrogens is 1. The molecule has 106 valence electrons. The van der Waals surface area contributed by atoms with Crippen LogP contribution >= 0.6 is 0 Å². The fraction of sp³-hybridized carbons (Fsp3) is 0.533. The summed E-state index contributed by atoms with van der Waals surface area (Å²) in [6.07, 6.45) is 5.23. The molecule has 0 radical (unpaired) electrons. The van der Waals surface area contributed by atoms with Crippen molar-refractivity contribution in [2.24, 2.45) is 11.8 Å². The summed E-state index contributed by atoms with van der Waals surface area (Å²) in [4.78, 5) is 15.3. The maximum atomic E-state index is 11.4. The number of esters is 1. The molecule has 5 nitrogen and oxygen atoms in total. The van der Waals surface area contributed by atoms with Crippen LogP contribution < -0.4 is 4.74 Å². The van der Waals surface area contributed by atoms with Gasteiger partial charge in [-0.3, -0.25) is 4.79 Å². The molecule has 0 spiro atoms. The molecule has 1 aliphatic carbocycles. The zero-order valence-electron chi connectivity index (χ0n) is 11.5. The third kappa shape index (κ3) is 3.70. The SMILES string of the molecule is COC(=O)C1CCC(COc2ccnc(C#N)c2)CC1. The number of carbonyl (C=O) groups is 1. The number of ether oxygens (including phenoxy) is 2. The van der Waals surface area contributed by atoms with Gasteiger partial charge in [-0.15, -0.1) is 0 Å². The fourth-order valence-corrected chi connectivity index (χ4v) is 2.51. The van der Waals surface area contributed by atoms with Crippen LogP contribution in [-0.4, -0.2) is 24.7 Å². The van der Waals surface area contributed by atoms with Gasteiger partial charge in [0.1, 0.15) is 17.5 Å². The summed E-state index contributed by atoms with van der Waals surface area (Å²) in [5.74, 6) is 1.07. The number of methoxy groups -OCH3 is 1. The Morgan fingerprint density at radius 2 is 2.20 bits per heavy atom. The molecule has 0 aromatic carbocycles. The third-order valence-electron chi connectivity index (χ3n) is 3.71. The van der Waals surface area contributed by atoms with Crippen molar-refractivity contribution in [1.82, 2.24) is 4.98 Å². The van der Waals surface area contributed by atoms with Crippen LogP contribution in [0.4, 0.5) is 0 Å². The largest absolute Gasteiger partial charge is 0.493 e. The van der Waals surface area contributed by atoms with E-state index in [1.54, 1.807) is 18.3 Å². The highest BCUT2D eigenvalue weighted by Gasteiger charge is 2.27. The first kappa shape index (κ1) is 14.3. The lowest BCUT2D eigenvalue weighted by Crippen LogP contribution is -2.25. The molecule has 1 saturated carbocycles. The van der Waals surface area contributed by atoms with Gasteiger partial charge in [0.2, 0.25) is 0 Å². The second-order valence-corrected chi connectivity index (χ2v) is 5.04. The molecular weight excluding hydrogens is 256 g/mol. The fourth-order valence-electron chi connectivity index (χ4n) is 2.51. The maximum Gasteiger partial charge on any atom is 0.308 e. The zero-order chi connectivity index (χ0) is 14.4. The lowest BCUT2D eigenvalue weighted by molar-refractivity contribution is -0.146. The molecule has 0 amide bonds. The van der Waals surface area contributed by atoms with Crippen LogP contribution in [0, 0.1) is 23.2 Å². The highest BCUT2D eigenvalue weighted by molar-refractivity contribution is 5.72. The molecule has 1 aromatic heterocycles. The van der Waals surface area contributed by atoms with Gasteiger partial charge in [-0.05, 0) is 37.7 Å². The molecule has 0 N–H and O–H groups in total. The van der Waals surface area contributed by atoms with Crippen LogP contribution in [0.15, 0.2) is 18.3 Å². The third-order valence-corrected chi connectivity index (χ3v) is 3.71. The number of carbonyl (C=O) groups excluding carboxylic acids is 1. The zero-order valence-corrected chi connectivity index (χ0v) is 11.5. The van der Waals surface area contributed by atoms with Crippen molar-refractivity contribution >= 4 is 5.97 Å². The molecule has 0 saturated heterocycles. The molecule has 1 fully saturated rings. The Morgan fingerprint density at radius 1 is 1.45 bits per heavy atom. The van der Waals surface area contributed by atoms with Gasteiger partial charge in [0.25, 0.3) is 0 Å². The van der Waals surface area contributed by atoms with E-state index >= 15 is 0 Å². The van der Waals surface area contributed by atoms with Crippen LogP contribution in [0.5, 0.6) is 5.75 Å². The topological polar surface area (TPSA) is 72.2 Å². The number of nitrogens with zero attached hydrogens (tertiary/aromatic N) is 2. The quantitative estimate of drug-likeness (QED) is 0.788. The molecule has 0 atom stereocenters. The van der Waals surface area contributed by atoms with Crippen molar-refractivity contribution < 1.29 is 14.3 Å². The van der Waals surface area contributed by atoms with Crippen LogP contribution in [-0.2, 0) is 9.53 Å². The van der Waals surface area contributed by atoms with Crippen molar-refractivity contribution in [3.8, 4) is 11.8 Å². The van der Waals surface area contributed by atoms with Gasteiger partial charge in [-0.2, -0.15) is 5.26 Å². The molecule has 1 heterocycles. The molecule has 1 aromatic rings. The van der Waals surface area contributed by atoms with E-state index in [-0.39, 0.29) is 11.9 Å². The van der Waals surface area contributed by atoms with Gasteiger partial charge < -0.3 is 9.47 Å². The number of rotatable bonds is 4. The van der Waals surface area contributed by atoms with Crippen LogP contribution in [0.2, 0.25) is 0 Å². The van der Waals surface area contributed by atoms with Crippen molar-refractivity contribution in [3.63, 3.8) is 0 Å². The minimum absolute atomic E-state index is 0.0439. The minimum atomic E-state index is -0.0998. The average molecular weight is 274 g/mol. The van der Waals surface area contributed by atoms with Gasteiger partial charge >= 0.3 is 5.97 Å². The van der Waals surface area contributed by atoms with Gasteiger partial charge in [0, 0.05) is 12.3 Å². The van der Waals surface area contributed by atoms with Crippen LogP contribution in [0.1, 0.15) is 31.4 Å². The van der Waals surface area contributed by atoms with E-state index in [1.165, 1.54) is 7.11 Å². The van der Waals surface area contributed by atoms with Crippen molar-refractivity contribution in [2.45, 2.75) is 25.7 Å². The van der Waals surface area contributed by atoms with Crippen LogP contribution in [0.25, 0.3) is 0 Å². The molecule has 0 aliphatic heterocycles. The lowest BCUT2D eigenvalue weighted by Gasteiger charge is -2.26. The van der Waals surface area contributed by atoms with Gasteiger partial charge in [0.05, 0.1) is 19.6 Å². The molecule has 1 aliphatic rings. The monoisotopic (exact) mass is 274 g/mol. The summed E-state index contributed by atoms with van der Waals surface area (Å²) >= 11 is 0. The first-order valence-corrected chi connectivity index (χ1v) is 6.79. The normalized spacial score (nSPS) is 21.8. The average Bonchev–Trinajstić information content (AvgIpc) is 2.53. The van der Waals surface area contributed by atoms with Crippen molar-refractivity contribution in [2.75, 3.05) is 13.7 Å². The minimum Gasteiger partial charge on any atom is -0.493 e. The molecule has 20 heavy (non-hydrogen) atoms. The summed E-state index contributed by atoms with van der Waals surface area (Å²) in [5, 5.41) is 8.77. The molecule has 2 rings (SSSR count). The molecule has 5 heteroatoms. The highest BCUT2D eigenvalue weighted by Crippen LogP contribution is 2.30. The summed E-state index contributed by atoms with van der Waals surface area (Å²) in [7, 11) is 1.44. The Bertz CT molecular complexity index is 502. The van der Waals surface area contributed by atoms with Gasteiger partial charge in [-0.1, -0.05) is 0 Å². The summed E-state index contributed by atoms with van der Waals surface area (Å²) in [5.41, 5.74) is 0.358. The number of nitriles is 1. The Balaban J connectivity index is 1.79. The van der Waals surface area contributed by atoms with Crippen LogP contribution in [0.3, 0.4) is 0 Å². The van der Waals surface area contributed by atoms with E-state index in [1.807, 2.05) is 6.07 Å². The standard InChI is InChI=1S/C15H18N2O3/c1-19-15(18)12-4-2-11(3-5-12)10-20-14-6-7-17-13(8-14)9-16/h6-8,11-12H,2-5,10H2,1H3. The van der Waals surface area contributed by atoms with Gasteiger partial charge in [0.15, 0.2) is 0 Å².